The highest BCUT2D eigenvalue weighted by Crippen LogP contribution is 2.44. The number of rotatable bonds is 9. The van der Waals surface area contributed by atoms with E-state index >= 15 is 0 Å². The number of hydrogen-bond acceptors (Lipinski definition) is 8. The van der Waals surface area contributed by atoms with Crippen LogP contribution in [-0.2, 0) is 20.7 Å². The van der Waals surface area contributed by atoms with Gasteiger partial charge in [-0.05, 0) is 49.9 Å². The van der Waals surface area contributed by atoms with Gasteiger partial charge in [0.25, 0.3) is 5.78 Å². The molecule has 9 heteroatoms. The first-order chi connectivity index (χ1) is 18.3. The van der Waals surface area contributed by atoms with Crippen molar-refractivity contribution in [3.05, 3.63) is 81.4 Å². The molecule has 0 radical (unpaired) electrons. The van der Waals surface area contributed by atoms with Crippen LogP contribution in [0.1, 0.15) is 65.3 Å². The van der Waals surface area contributed by atoms with Gasteiger partial charge < -0.3 is 14.6 Å². The fourth-order valence-electron chi connectivity index (χ4n) is 4.26. The lowest BCUT2D eigenvalue weighted by Gasteiger charge is -2.23. The molecule has 1 fully saturated rings. The number of amides is 1. The number of aliphatic hydroxyl groups is 1. The molecule has 38 heavy (non-hydrogen) atoms. The van der Waals surface area contributed by atoms with Crippen molar-refractivity contribution in [2.24, 2.45) is 0 Å². The Labute approximate surface area is 225 Å². The molecule has 1 aliphatic rings. The van der Waals surface area contributed by atoms with Crippen LogP contribution in [0.25, 0.3) is 5.76 Å². The Bertz CT molecular complexity index is 1390. The third-order valence-corrected chi connectivity index (χ3v) is 7.32. The van der Waals surface area contributed by atoms with Gasteiger partial charge >= 0.3 is 11.9 Å². The van der Waals surface area contributed by atoms with Crippen LogP contribution in [0.15, 0.2) is 54.1 Å². The van der Waals surface area contributed by atoms with E-state index in [0.717, 1.165) is 29.7 Å². The van der Waals surface area contributed by atoms with Crippen molar-refractivity contribution in [1.82, 2.24) is 4.98 Å². The average Bonchev–Trinajstić information content (AvgIpc) is 3.43. The summed E-state index contributed by atoms with van der Waals surface area (Å²) in [7, 11) is 0. The second-order valence-electron chi connectivity index (χ2n) is 8.77. The van der Waals surface area contributed by atoms with Crippen LogP contribution < -0.4 is 9.64 Å². The molecule has 1 aliphatic heterocycles. The van der Waals surface area contributed by atoms with Gasteiger partial charge in [0.05, 0.1) is 30.5 Å². The molecule has 4 rings (SSSR count). The molecule has 0 aliphatic carbocycles. The van der Waals surface area contributed by atoms with E-state index in [-0.39, 0.29) is 27.9 Å². The maximum absolute atomic E-state index is 13.4. The molecule has 2 aromatic carbocycles. The van der Waals surface area contributed by atoms with Crippen molar-refractivity contribution in [3.63, 3.8) is 0 Å². The molecule has 8 nitrogen and oxygen atoms in total. The largest absolute Gasteiger partial charge is 0.507 e. The second kappa shape index (κ2) is 11.6. The van der Waals surface area contributed by atoms with Crippen LogP contribution in [-0.4, -0.2) is 41.0 Å². The molecule has 3 aromatic rings. The normalized spacial score (nSPS) is 16.6. The van der Waals surface area contributed by atoms with Gasteiger partial charge in [-0.1, -0.05) is 61.6 Å². The molecule has 1 N–H and O–H groups in total. The number of thiazole rings is 1. The zero-order valence-electron chi connectivity index (χ0n) is 21.8. The monoisotopic (exact) mass is 534 g/mol. The highest BCUT2D eigenvalue weighted by atomic mass is 32.1. The number of nitrogens with zero attached hydrogens (tertiary/aromatic N) is 2. The summed E-state index contributed by atoms with van der Waals surface area (Å²) < 4.78 is 10.8. The molecule has 1 unspecified atom stereocenters. The number of benzene rings is 2. The predicted octanol–water partition coefficient (Wildman–Crippen LogP) is 5.61. The number of hydrogen-bond donors (Lipinski definition) is 1. The van der Waals surface area contributed by atoms with Crippen LogP contribution >= 0.6 is 11.3 Å². The summed E-state index contributed by atoms with van der Waals surface area (Å²) in [6.07, 6.45) is 1.63. The zero-order valence-corrected chi connectivity index (χ0v) is 22.6. The number of ketones is 1. The van der Waals surface area contributed by atoms with Gasteiger partial charge in [0.15, 0.2) is 5.13 Å². The number of anilines is 1. The van der Waals surface area contributed by atoms with Crippen molar-refractivity contribution < 1.29 is 29.0 Å². The minimum atomic E-state index is -0.943. The summed E-state index contributed by atoms with van der Waals surface area (Å²) >= 11 is 0.981. The molecule has 1 atom stereocenters. The Balaban J connectivity index is 1.87. The van der Waals surface area contributed by atoms with Crippen LogP contribution in [0.2, 0.25) is 0 Å². The first-order valence-electron chi connectivity index (χ1n) is 12.6. The van der Waals surface area contributed by atoms with Crippen molar-refractivity contribution in [2.45, 2.75) is 46.6 Å². The number of carbonyl (C=O) groups excluding carboxylic acids is 3. The van der Waals surface area contributed by atoms with Crippen LogP contribution in [0.4, 0.5) is 5.13 Å². The maximum atomic E-state index is 13.4. The fraction of sp³-hybridized carbons (Fsp3) is 0.310. The summed E-state index contributed by atoms with van der Waals surface area (Å²) in [6, 6.07) is 13.4. The second-order valence-corrected chi connectivity index (χ2v) is 9.75. The van der Waals surface area contributed by atoms with E-state index in [1.165, 1.54) is 4.90 Å². The predicted molar refractivity (Wildman–Crippen MR) is 146 cm³/mol. The van der Waals surface area contributed by atoms with Crippen LogP contribution in [0.3, 0.4) is 0 Å². The molecule has 2 heterocycles. The van der Waals surface area contributed by atoms with Crippen molar-refractivity contribution in [3.8, 4) is 5.75 Å². The fourth-order valence-corrected chi connectivity index (χ4v) is 5.25. The summed E-state index contributed by atoms with van der Waals surface area (Å²) in [5.74, 6) is -1.98. The lowest BCUT2D eigenvalue weighted by molar-refractivity contribution is -0.132. The summed E-state index contributed by atoms with van der Waals surface area (Å²) in [5, 5.41) is 11.6. The first-order valence-corrected chi connectivity index (χ1v) is 13.4. The van der Waals surface area contributed by atoms with E-state index in [0.29, 0.717) is 29.2 Å². The van der Waals surface area contributed by atoms with Gasteiger partial charge in [-0.2, -0.15) is 0 Å². The summed E-state index contributed by atoms with van der Waals surface area (Å²) in [6.45, 7) is 8.07. The van der Waals surface area contributed by atoms with Gasteiger partial charge in [-0.3, -0.25) is 14.5 Å². The highest BCUT2D eigenvalue weighted by molar-refractivity contribution is 7.17. The third-order valence-electron chi connectivity index (χ3n) is 6.18. The number of aliphatic hydroxyl groups excluding tert-OH is 1. The van der Waals surface area contributed by atoms with Crippen molar-refractivity contribution in [1.29, 1.82) is 0 Å². The Kier molecular flexibility index (Phi) is 8.26. The van der Waals surface area contributed by atoms with Gasteiger partial charge in [0.1, 0.15) is 16.4 Å². The van der Waals surface area contributed by atoms with E-state index in [1.807, 2.05) is 38.1 Å². The Morgan fingerprint density at radius 2 is 1.84 bits per heavy atom. The molecule has 1 saturated heterocycles. The number of aromatic nitrogens is 1. The van der Waals surface area contributed by atoms with Gasteiger partial charge in [0.2, 0.25) is 0 Å². The minimum Gasteiger partial charge on any atom is -0.507 e. The van der Waals surface area contributed by atoms with Crippen molar-refractivity contribution in [2.75, 3.05) is 18.1 Å². The number of carbonyl (C=O) groups is 3. The van der Waals surface area contributed by atoms with E-state index in [2.05, 4.69) is 4.98 Å². The van der Waals surface area contributed by atoms with E-state index < -0.39 is 23.7 Å². The molecule has 0 saturated carbocycles. The summed E-state index contributed by atoms with van der Waals surface area (Å²) in [5.41, 5.74) is 2.41. The molecule has 0 bridgehead atoms. The molecule has 1 aromatic heterocycles. The minimum absolute atomic E-state index is 0.0579. The molecular weight excluding hydrogens is 504 g/mol. The summed E-state index contributed by atoms with van der Waals surface area (Å²) in [4.78, 5) is 45.3. The smallest absolute Gasteiger partial charge is 0.350 e. The maximum Gasteiger partial charge on any atom is 0.350 e. The molecule has 1 amide bonds. The number of aryl methyl sites for hydroxylation is 2. The van der Waals surface area contributed by atoms with E-state index in [1.54, 1.807) is 38.1 Å². The number of Topliss-reactive ketones (excluding diaryl/α,β-unsaturated/α-hetero) is 1. The average molecular weight is 535 g/mol. The third kappa shape index (κ3) is 5.19. The Hall–Kier alpha value is -3.98. The van der Waals surface area contributed by atoms with Crippen LogP contribution in [0.5, 0.6) is 5.75 Å². The van der Waals surface area contributed by atoms with Crippen LogP contribution in [0, 0.1) is 6.92 Å². The van der Waals surface area contributed by atoms with Gasteiger partial charge in [-0.25, -0.2) is 9.78 Å². The van der Waals surface area contributed by atoms with Crippen molar-refractivity contribution >= 4 is 39.9 Å². The lowest BCUT2D eigenvalue weighted by Crippen LogP contribution is -2.29. The van der Waals surface area contributed by atoms with Gasteiger partial charge in [0, 0.05) is 5.56 Å². The Morgan fingerprint density at radius 3 is 2.50 bits per heavy atom. The molecular formula is C29H30N2O6S. The Morgan fingerprint density at radius 1 is 1.11 bits per heavy atom. The molecule has 198 valence electrons. The molecule has 0 spiro atoms. The van der Waals surface area contributed by atoms with Gasteiger partial charge in [-0.15, -0.1) is 0 Å². The number of esters is 1. The highest BCUT2D eigenvalue weighted by Gasteiger charge is 2.48. The standard InChI is InChI=1S/C29H30N2O6S/c1-5-15-37-21-10-8-9-20(16-21)24(32)22-23(19-13-11-18(6-2)12-14-19)31(27(34)25(22)33)29-30-17(4)26(38-29)28(35)36-7-3/h8-14,16,23,32H,5-7,15H2,1-4H3/b24-22+. The SMILES string of the molecule is CCCOc1cccc(/C(O)=C2\C(=O)C(=O)N(c3nc(C)c(C(=O)OCC)s3)C2c2ccc(CC)cc2)c1. The lowest BCUT2D eigenvalue weighted by atomic mass is 9.94. The van der Waals surface area contributed by atoms with E-state index in [9.17, 15) is 19.5 Å². The zero-order chi connectivity index (χ0) is 27.4. The first kappa shape index (κ1) is 27.1. The topological polar surface area (TPSA) is 106 Å². The quantitative estimate of drug-likeness (QED) is 0.165. The van der Waals surface area contributed by atoms with E-state index in [4.69, 9.17) is 9.47 Å². The number of ether oxygens (including phenoxy) is 2.